The fourth-order valence-corrected chi connectivity index (χ4v) is 6.66. The molecule has 3 aliphatic rings. The van der Waals surface area contributed by atoms with Gasteiger partial charge in [-0.25, -0.2) is 4.39 Å². The van der Waals surface area contributed by atoms with Gasteiger partial charge in [0.25, 0.3) is 0 Å². The number of likely N-dealkylation sites (N-methyl/N-ethyl adjacent to an activating group) is 1. The Hall–Kier alpha value is -3.77. The van der Waals surface area contributed by atoms with Crippen molar-refractivity contribution in [3.05, 3.63) is 48.4 Å². The third-order valence-electron chi connectivity index (χ3n) is 8.82. The van der Waals surface area contributed by atoms with Crippen molar-refractivity contribution in [1.82, 2.24) is 25.2 Å². The molecule has 3 aliphatic heterocycles. The van der Waals surface area contributed by atoms with E-state index in [-0.39, 0.29) is 54.6 Å². The van der Waals surface area contributed by atoms with Crippen molar-refractivity contribution in [3.8, 4) is 23.0 Å². The molecule has 2 aromatic carbocycles. The number of hydrogen-bond donors (Lipinski definition) is 2. The number of anilines is 1. The third-order valence-corrected chi connectivity index (χ3v) is 8.82. The molecule has 5 heterocycles. The van der Waals surface area contributed by atoms with E-state index in [9.17, 15) is 18.3 Å². The molecule has 4 atom stereocenters. The topological polar surface area (TPSA) is 86.6 Å². The fraction of sp³-hybridized carbons (Fsp3) is 0.433. The van der Waals surface area contributed by atoms with Gasteiger partial charge in [0.05, 0.1) is 11.3 Å². The van der Waals surface area contributed by atoms with Crippen molar-refractivity contribution in [3.63, 3.8) is 0 Å². The van der Waals surface area contributed by atoms with Crippen LogP contribution in [0.4, 0.5) is 23.4 Å². The molecule has 3 saturated heterocycles. The Morgan fingerprint density at radius 2 is 1.81 bits per heavy atom. The first-order valence-electron chi connectivity index (χ1n) is 14.1. The zero-order valence-corrected chi connectivity index (χ0v) is 22.9. The number of alkyl halides is 3. The summed E-state index contributed by atoms with van der Waals surface area (Å²) >= 11 is 0. The molecule has 0 aliphatic carbocycles. The number of nitrogens with zero attached hydrogens (tertiary/aromatic N) is 5. The van der Waals surface area contributed by atoms with Crippen LogP contribution in [0.15, 0.2) is 42.6 Å². The van der Waals surface area contributed by atoms with Gasteiger partial charge in [-0.1, -0.05) is 24.3 Å². The number of ether oxygens (including phenoxy) is 1. The first kappa shape index (κ1) is 27.1. The van der Waals surface area contributed by atoms with Gasteiger partial charge in [-0.3, -0.25) is 9.88 Å². The molecule has 2 N–H and O–H groups in total. The van der Waals surface area contributed by atoms with E-state index >= 15 is 4.39 Å². The molecule has 0 spiro atoms. The molecule has 0 saturated carbocycles. The molecule has 42 heavy (non-hydrogen) atoms. The number of phenols is 1. The molecule has 2 unspecified atom stereocenters. The van der Waals surface area contributed by atoms with Gasteiger partial charge in [0.15, 0.2) is 5.82 Å². The maximum atomic E-state index is 16.4. The molecule has 2 bridgehead atoms. The fourth-order valence-electron chi connectivity index (χ4n) is 6.66. The summed E-state index contributed by atoms with van der Waals surface area (Å²) in [5.41, 5.74) is 0.444. The maximum absolute atomic E-state index is 16.4. The van der Waals surface area contributed by atoms with Crippen LogP contribution in [0.2, 0.25) is 0 Å². The Balaban J connectivity index is 1.30. The average molecular weight is 583 g/mol. The van der Waals surface area contributed by atoms with E-state index in [0.29, 0.717) is 35.2 Å². The molecular weight excluding hydrogens is 552 g/mol. The van der Waals surface area contributed by atoms with E-state index in [1.54, 1.807) is 24.2 Å². The summed E-state index contributed by atoms with van der Waals surface area (Å²) in [5, 5.41) is 15.8. The maximum Gasteiger partial charge on any atom is 0.393 e. The van der Waals surface area contributed by atoms with Gasteiger partial charge >= 0.3 is 12.2 Å². The lowest BCUT2D eigenvalue weighted by molar-refractivity contribution is -0.170. The van der Waals surface area contributed by atoms with Gasteiger partial charge in [-0.05, 0) is 49.2 Å². The lowest BCUT2D eigenvalue weighted by atomic mass is 10.00. The number of hydrogen-bond acceptors (Lipinski definition) is 8. The number of piperazine rings is 1. The van der Waals surface area contributed by atoms with E-state index < -0.39 is 24.0 Å². The summed E-state index contributed by atoms with van der Waals surface area (Å²) in [5.74, 6) is -1.65. The number of benzene rings is 2. The normalized spacial score (nSPS) is 24.6. The molecule has 4 aromatic rings. The highest BCUT2D eigenvalue weighted by Gasteiger charge is 2.46. The zero-order valence-electron chi connectivity index (χ0n) is 22.9. The number of likely N-dealkylation sites (tertiary alicyclic amines) is 1. The van der Waals surface area contributed by atoms with E-state index in [0.717, 1.165) is 18.2 Å². The molecule has 7 rings (SSSR count). The predicted octanol–water partition coefficient (Wildman–Crippen LogP) is 4.89. The highest BCUT2D eigenvalue weighted by Crippen LogP contribution is 2.39. The highest BCUT2D eigenvalue weighted by atomic mass is 19.4. The lowest BCUT2D eigenvalue weighted by Crippen LogP contribution is -2.51. The third kappa shape index (κ3) is 4.86. The minimum atomic E-state index is -4.28. The summed E-state index contributed by atoms with van der Waals surface area (Å²) in [6.07, 6.45) is -0.755. The Morgan fingerprint density at radius 3 is 2.55 bits per heavy atom. The number of pyridine rings is 1. The summed E-state index contributed by atoms with van der Waals surface area (Å²) in [6.45, 7) is 1.17. The lowest BCUT2D eigenvalue weighted by Gasteiger charge is -2.34. The van der Waals surface area contributed by atoms with Crippen LogP contribution in [0.5, 0.6) is 11.8 Å². The summed E-state index contributed by atoms with van der Waals surface area (Å²) < 4.78 is 62.4. The quantitative estimate of drug-likeness (QED) is 0.322. The smallest absolute Gasteiger partial charge is 0.393 e. The van der Waals surface area contributed by atoms with Crippen LogP contribution < -0.4 is 15.0 Å². The number of phenolic OH excluding ortho intramolecular Hbond substituents is 1. The minimum absolute atomic E-state index is 0.00579. The summed E-state index contributed by atoms with van der Waals surface area (Å²) in [7, 11) is 1.64. The summed E-state index contributed by atoms with van der Waals surface area (Å²) in [6, 6.07) is 10.4. The van der Waals surface area contributed by atoms with Crippen LogP contribution >= 0.6 is 0 Å². The average Bonchev–Trinajstić information content (AvgIpc) is 3.51. The molecular formula is C30H30F4N6O2. The predicted molar refractivity (Wildman–Crippen MR) is 150 cm³/mol. The van der Waals surface area contributed by atoms with Crippen LogP contribution in [-0.2, 0) is 0 Å². The number of nitrogens with one attached hydrogen (secondary N) is 1. The van der Waals surface area contributed by atoms with E-state index in [2.05, 4.69) is 25.2 Å². The molecule has 220 valence electrons. The van der Waals surface area contributed by atoms with Crippen molar-refractivity contribution in [2.24, 2.45) is 5.92 Å². The SMILES string of the molecule is CN1C[C@H](C(F)(F)F)C[C@H]1COc1nc(N2CC3CCC(C2)N3)c2cnc(-c3cc(O)cc4ccccc34)c(F)c2n1. The van der Waals surface area contributed by atoms with E-state index in [1.165, 1.54) is 6.07 Å². The van der Waals surface area contributed by atoms with Crippen LogP contribution in [-0.4, -0.2) is 82.5 Å². The molecule has 12 heteroatoms. The zero-order chi connectivity index (χ0) is 29.2. The second-order valence-electron chi connectivity index (χ2n) is 11.6. The van der Waals surface area contributed by atoms with Crippen LogP contribution in [0.1, 0.15) is 19.3 Å². The Bertz CT molecular complexity index is 1650. The summed E-state index contributed by atoms with van der Waals surface area (Å²) in [4.78, 5) is 17.3. The molecule has 0 radical (unpaired) electrons. The first-order valence-corrected chi connectivity index (χ1v) is 14.1. The number of aromatic hydroxyl groups is 1. The van der Waals surface area contributed by atoms with Crippen molar-refractivity contribution in [1.29, 1.82) is 0 Å². The van der Waals surface area contributed by atoms with Gasteiger partial charge in [0.2, 0.25) is 0 Å². The van der Waals surface area contributed by atoms with Gasteiger partial charge in [-0.15, -0.1) is 0 Å². The Kier molecular flexibility index (Phi) is 6.58. The second kappa shape index (κ2) is 10.2. The number of aromatic nitrogens is 3. The van der Waals surface area contributed by atoms with Gasteiger partial charge in [0.1, 0.15) is 29.4 Å². The minimum Gasteiger partial charge on any atom is -0.508 e. The first-order chi connectivity index (χ1) is 20.1. The van der Waals surface area contributed by atoms with Crippen molar-refractivity contribution >= 4 is 27.5 Å². The van der Waals surface area contributed by atoms with Crippen molar-refractivity contribution < 1.29 is 27.4 Å². The molecule has 8 nitrogen and oxygen atoms in total. The highest BCUT2D eigenvalue weighted by molar-refractivity contribution is 5.99. The number of fused-ring (bicyclic) bond motifs is 4. The number of rotatable bonds is 5. The van der Waals surface area contributed by atoms with E-state index in [1.807, 2.05) is 24.3 Å². The van der Waals surface area contributed by atoms with Crippen LogP contribution in [0, 0.1) is 11.7 Å². The number of halogens is 4. The van der Waals surface area contributed by atoms with Gasteiger partial charge in [-0.2, -0.15) is 23.1 Å². The Labute approximate surface area is 239 Å². The largest absolute Gasteiger partial charge is 0.508 e. The molecule has 2 aromatic heterocycles. The van der Waals surface area contributed by atoms with Gasteiger partial charge in [0, 0.05) is 49.5 Å². The van der Waals surface area contributed by atoms with Crippen LogP contribution in [0.25, 0.3) is 32.9 Å². The molecule has 0 amide bonds. The second-order valence-corrected chi connectivity index (χ2v) is 11.6. The molecule has 3 fully saturated rings. The van der Waals surface area contributed by atoms with Crippen molar-refractivity contribution in [2.75, 3.05) is 38.2 Å². The standard InChI is InChI=1S/C30H30F4N6O2/c1-39-12-17(30(32,33)34)9-20(39)15-42-29-37-27-24(28(38-29)40-13-18-6-7-19(14-40)36-18)11-35-26(25(27)31)23-10-21(41)8-16-4-2-3-5-22(16)23/h2-5,8,10-11,17-20,36,41H,6-7,9,12-15H2,1H3/t17-,18?,19?,20+/m1/s1. The van der Waals surface area contributed by atoms with E-state index in [4.69, 9.17) is 4.74 Å². The van der Waals surface area contributed by atoms with Crippen LogP contribution in [0.3, 0.4) is 0 Å². The monoisotopic (exact) mass is 582 g/mol. The van der Waals surface area contributed by atoms with Gasteiger partial charge < -0.3 is 20.1 Å². The Morgan fingerprint density at radius 1 is 1.05 bits per heavy atom. The van der Waals surface area contributed by atoms with Crippen molar-refractivity contribution in [2.45, 2.75) is 43.6 Å².